The number of amides is 3. The maximum Gasteiger partial charge on any atom is 0.411 e. The molecule has 1 aromatic carbocycles. The molecule has 3 rings (SSSR count). The topological polar surface area (TPSA) is 164 Å². The number of nitrogens with one attached hydrogen (secondary N) is 3. The van der Waals surface area contributed by atoms with Crippen molar-refractivity contribution < 1.29 is 23.9 Å². The van der Waals surface area contributed by atoms with Gasteiger partial charge in [-0.1, -0.05) is 0 Å². The SMILES string of the molecule is COC(=O)Nc1cc(C#N)ccc1-c1cc(=O)n(CC(=O)NCC2CNC(=O)O2)c(C)n1. The number of hydrogen-bond donors (Lipinski definition) is 3. The molecule has 1 aromatic heterocycles. The fourth-order valence-corrected chi connectivity index (χ4v) is 3.03. The normalized spacial score (nSPS) is 14.7. The summed E-state index contributed by atoms with van der Waals surface area (Å²) in [6, 6.07) is 7.72. The Balaban J connectivity index is 1.80. The molecular formula is C20H20N6O6. The van der Waals surface area contributed by atoms with E-state index in [1.54, 1.807) is 13.0 Å². The van der Waals surface area contributed by atoms with E-state index in [4.69, 9.17) is 10.00 Å². The lowest BCUT2D eigenvalue weighted by atomic mass is 10.1. The van der Waals surface area contributed by atoms with Crippen LogP contribution >= 0.6 is 0 Å². The van der Waals surface area contributed by atoms with Crippen molar-refractivity contribution in [3.63, 3.8) is 0 Å². The zero-order chi connectivity index (χ0) is 23.3. The molecule has 12 nitrogen and oxygen atoms in total. The molecule has 3 amide bonds. The zero-order valence-corrected chi connectivity index (χ0v) is 17.3. The molecule has 1 aliphatic heterocycles. The van der Waals surface area contributed by atoms with E-state index in [9.17, 15) is 19.2 Å². The van der Waals surface area contributed by atoms with Gasteiger partial charge in [0.05, 0.1) is 43.2 Å². The van der Waals surface area contributed by atoms with E-state index in [1.165, 1.54) is 29.9 Å². The second kappa shape index (κ2) is 9.61. The molecule has 2 aromatic rings. The van der Waals surface area contributed by atoms with Crippen LogP contribution in [0, 0.1) is 18.3 Å². The van der Waals surface area contributed by atoms with Crippen molar-refractivity contribution >= 4 is 23.8 Å². The van der Waals surface area contributed by atoms with Gasteiger partial charge < -0.3 is 20.1 Å². The number of benzene rings is 1. The first-order valence-corrected chi connectivity index (χ1v) is 9.50. The highest BCUT2D eigenvalue weighted by molar-refractivity contribution is 5.91. The molecule has 1 aliphatic rings. The van der Waals surface area contributed by atoms with E-state index in [2.05, 4.69) is 25.7 Å². The average Bonchev–Trinajstić information content (AvgIpc) is 3.19. The number of methoxy groups -OCH3 is 1. The molecule has 0 saturated carbocycles. The van der Waals surface area contributed by atoms with Gasteiger partial charge >= 0.3 is 12.2 Å². The van der Waals surface area contributed by atoms with E-state index >= 15 is 0 Å². The minimum absolute atomic E-state index is 0.116. The molecule has 1 unspecified atom stereocenters. The quantitative estimate of drug-likeness (QED) is 0.584. The van der Waals surface area contributed by atoms with Crippen LogP contribution < -0.4 is 21.5 Å². The predicted molar refractivity (Wildman–Crippen MR) is 111 cm³/mol. The van der Waals surface area contributed by atoms with Crippen molar-refractivity contribution in [3.05, 3.63) is 46.0 Å². The van der Waals surface area contributed by atoms with E-state index in [-0.39, 0.29) is 30.3 Å². The second-order valence-corrected chi connectivity index (χ2v) is 6.81. The van der Waals surface area contributed by atoms with Gasteiger partial charge in [0.15, 0.2) is 0 Å². The van der Waals surface area contributed by atoms with Gasteiger partial charge in [0, 0.05) is 11.6 Å². The summed E-state index contributed by atoms with van der Waals surface area (Å²) in [5.41, 5.74) is 0.721. The van der Waals surface area contributed by atoms with Gasteiger partial charge in [-0.2, -0.15) is 5.26 Å². The van der Waals surface area contributed by atoms with Crippen LogP contribution in [0.3, 0.4) is 0 Å². The Labute approximate surface area is 182 Å². The second-order valence-electron chi connectivity index (χ2n) is 6.81. The Bertz CT molecular complexity index is 1170. The summed E-state index contributed by atoms with van der Waals surface area (Å²) in [6.45, 7) is 1.70. The zero-order valence-electron chi connectivity index (χ0n) is 17.3. The first-order chi connectivity index (χ1) is 15.3. The lowest BCUT2D eigenvalue weighted by molar-refractivity contribution is -0.122. The highest BCUT2D eigenvalue weighted by Gasteiger charge is 2.23. The fraction of sp³-hybridized carbons (Fsp3) is 0.300. The van der Waals surface area contributed by atoms with Gasteiger partial charge in [-0.05, 0) is 25.1 Å². The lowest BCUT2D eigenvalue weighted by Crippen LogP contribution is -2.38. The number of rotatable bonds is 6. The molecule has 0 radical (unpaired) electrons. The molecule has 32 heavy (non-hydrogen) atoms. The number of hydrogen-bond acceptors (Lipinski definition) is 8. The maximum absolute atomic E-state index is 12.7. The molecule has 0 bridgehead atoms. The predicted octanol–water partition coefficient (Wildman–Crippen LogP) is 0.493. The van der Waals surface area contributed by atoms with Gasteiger partial charge in [-0.15, -0.1) is 0 Å². The van der Waals surface area contributed by atoms with Crippen LogP contribution in [0.4, 0.5) is 15.3 Å². The van der Waals surface area contributed by atoms with E-state index < -0.39 is 29.8 Å². The molecule has 1 saturated heterocycles. The third-order valence-corrected chi connectivity index (χ3v) is 4.62. The van der Waals surface area contributed by atoms with E-state index in [1.807, 2.05) is 6.07 Å². The first-order valence-electron chi connectivity index (χ1n) is 9.50. The highest BCUT2D eigenvalue weighted by atomic mass is 16.6. The van der Waals surface area contributed by atoms with Gasteiger partial charge in [0.2, 0.25) is 5.91 Å². The average molecular weight is 440 g/mol. The Hall–Kier alpha value is -4.40. The van der Waals surface area contributed by atoms with Crippen molar-refractivity contribution in [1.29, 1.82) is 5.26 Å². The molecule has 1 fully saturated rings. The number of aromatic nitrogens is 2. The number of alkyl carbamates (subject to hydrolysis) is 1. The number of cyclic esters (lactones) is 1. The smallest absolute Gasteiger partial charge is 0.411 e. The Kier molecular flexibility index (Phi) is 6.69. The third-order valence-electron chi connectivity index (χ3n) is 4.62. The number of anilines is 1. The van der Waals surface area contributed by atoms with Gasteiger partial charge in [-0.3, -0.25) is 19.5 Å². The van der Waals surface area contributed by atoms with Crippen molar-refractivity contribution in [2.24, 2.45) is 0 Å². The molecule has 0 aliphatic carbocycles. The highest BCUT2D eigenvalue weighted by Crippen LogP contribution is 2.27. The number of nitriles is 1. The van der Waals surface area contributed by atoms with Crippen LogP contribution in [0.5, 0.6) is 0 Å². The van der Waals surface area contributed by atoms with Crippen LogP contribution in [-0.4, -0.2) is 53.9 Å². The minimum Gasteiger partial charge on any atom is -0.453 e. The molecule has 3 N–H and O–H groups in total. The summed E-state index contributed by atoms with van der Waals surface area (Å²) in [5, 5.41) is 16.7. The standard InChI is InChI=1S/C20H20N6O6/c1-11-24-16(14-4-3-12(7-21)5-15(14)25-20(30)31-2)6-18(28)26(11)10-17(27)22-8-13-9-23-19(29)32-13/h3-6,13H,8-10H2,1-2H3,(H,22,27)(H,23,29)(H,25,30). The van der Waals surface area contributed by atoms with Crippen molar-refractivity contribution in [3.8, 4) is 17.3 Å². The van der Waals surface area contributed by atoms with Crippen LogP contribution in [0.15, 0.2) is 29.1 Å². The van der Waals surface area contributed by atoms with Crippen LogP contribution in [0.25, 0.3) is 11.3 Å². The largest absolute Gasteiger partial charge is 0.453 e. The molecule has 2 heterocycles. The van der Waals surface area contributed by atoms with Crippen LogP contribution in [0.1, 0.15) is 11.4 Å². The molecule has 12 heteroatoms. The number of aryl methyl sites for hydroxylation is 1. The lowest BCUT2D eigenvalue weighted by Gasteiger charge is -2.14. The van der Waals surface area contributed by atoms with Crippen LogP contribution in [-0.2, 0) is 20.8 Å². The maximum atomic E-state index is 12.7. The summed E-state index contributed by atoms with van der Waals surface area (Å²) in [6.07, 6.45) is -1.76. The number of nitrogens with zero attached hydrogens (tertiary/aromatic N) is 3. The Morgan fingerprint density at radius 1 is 1.38 bits per heavy atom. The fourth-order valence-electron chi connectivity index (χ4n) is 3.03. The number of ether oxygens (including phenoxy) is 2. The number of carbonyl (C=O) groups is 3. The summed E-state index contributed by atoms with van der Waals surface area (Å²) in [5.74, 6) is -0.177. The Morgan fingerprint density at radius 3 is 2.78 bits per heavy atom. The van der Waals surface area contributed by atoms with Gasteiger partial charge in [0.1, 0.15) is 18.5 Å². The Morgan fingerprint density at radius 2 is 2.16 bits per heavy atom. The van der Waals surface area contributed by atoms with Gasteiger partial charge in [-0.25, -0.2) is 14.6 Å². The summed E-state index contributed by atoms with van der Waals surface area (Å²) >= 11 is 0. The number of carbonyl (C=O) groups excluding carboxylic acids is 3. The molecule has 166 valence electrons. The third kappa shape index (κ3) is 5.20. The van der Waals surface area contributed by atoms with Crippen molar-refractivity contribution in [2.45, 2.75) is 19.6 Å². The summed E-state index contributed by atoms with van der Waals surface area (Å²) in [7, 11) is 1.20. The first kappa shape index (κ1) is 22.3. The monoisotopic (exact) mass is 440 g/mol. The molecule has 0 spiro atoms. The van der Waals surface area contributed by atoms with E-state index in [0.29, 0.717) is 17.7 Å². The molecular weight excluding hydrogens is 420 g/mol. The van der Waals surface area contributed by atoms with E-state index in [0.717, 1.165) is 0 Å². The molecule has 1 atom stereocenters. The minimum atomic E-state index is -0.744. The summed E-state index contributed by atoms with van der Waals surface area (Å²) < 4.78 is 10.7. The van der Waals surface area contributed by atoms with Crippen molar-refractivity contribution in [1.82, 2.24) is 20.2 Å². The summed E-state index contributed by atoms with van der Waals surface area (Å²) in [4.78, 5) is 52.0. The van der Waals surface area contributed by atoms with Gasteiger partial charge in [0.25, 0.3) is 5.56 Å². The van der Waals surface area contributed by atoms with Crippen molar-refractivity contribution in [2.75, 3.05) is 25.5 Å². The van der Waals surface area contributed by atoms with Crippen LogP contribution in [0.2, 0.25) is 0 Å².